The monoisotopic (exact) mass is 235 g/mol. The minimum absolute atomic E-state index is 0.351. The van der Waals surface area contributed by atoms with Crippen LogP contribution in [0.5, 0.6) is 5.75 Å². The zero-order chi connectivity index (χ0) is 12.3. The van der Waals surface area contributed by atoms with Crippen LogP contribution in [0.1, 0.15) is 24.0 Å². The van der Waals surface area contributed by atoms with Gasteiger partial charge in [-0.15, -0.1) is 0 Å². The third kappa shape index (κ3) is 4.02. The molecule has 1 unspecified atom stereocenters. The van der Waals surface area contributed by atoms with Crippen LogP contribution in [0.25, 0.3) is 0 Å². The van der Waals surface area contributed by atoms with E-state index in [1.807, 2.05) is 26.0 Å². The molecule has 3 nitrogen and oxygen atoms in total. The van der Waals surface area contributed by atoms with Gasteiger partial charge in [0.15, 0.2) is 0 Å². The first-order chi connectivity index (χ1) is 8.15. The molecule has 2 N–H and O–H groups in total. The van der Waals surface area contributed by atoms with Crippen LogP contribution in [0.2, 0.25) is 0 Å². The maximum absolute atomic E-state index is 9.76. The van der Waals surface area contributed by atoms with E-state index in [0.717, 1.165) is 11.3 Å². The lowest BCUT2D eigenvalue weighted by Gasteiger charge is -2.14. The van der Waals surface area contributed by atoms with Gasteiger partial charge >= 0.3 is 0 Å². The molecule has 0 bridgehead atoms. The van der Waals surface area contributed by atoms with Crippen molar-refractivity contribution < 1.29 is 9.84 Å². The lowest BCUT2D eigenvalue weighted by molar-refractivity contribution is 0.106. The van der Waals surface area contributed by atoms with E-state index in [1.165, 1.54) is 18.4 Å². The molecule has 17 heavy (non-hydrogen) atoms. The summed E-state index contributed by atoms with van der Waals surface area (Å²) in [6.07, 6.45) is 2.05. The van der Waals surface area contributed by atoms with Gasteiger partial charge in [0.2, 0.25) is 0 Å². The molecule has 1 aliphatic carbocycles. The van der Waals surface area contributed by atoms with Crippen LogP contribution in [-0.4, -0.2) is 30.4 Å². The fourth-order valence-electron chi connectivity index (χ4n) is 1.70. The molecule has 3 heteroatoms. The van der Waals surface area contributed by atoms with E-state index in [1.54, 1.807) is 0 Å². The van der Waals surface area contributed by atoms with Crippen LogP contribution in [0.3, 0.4) is 0 Å². The van der Waals surface area contributed by atoms with E-state index in [2.05, 4.69) is 11.4 Å². The summed E-state index contributed by atoms with van der Waals surface area (Å²) in [5.74, 6) is 0.871. The highest BCUT2D eigenvalue weighted by atomic mass is 16.5. The van der Waals surface area contributed by atoms with E-state index >= 15 is 0 Å². The molecule has 0 amide bonds. The van der Waals surface area contributed by atoms with Gasteiger partial charge in [-0.3, -0.25) is 0 Å². The Morgan fingerprint density at radius 3 is 2.88 bits per heavy atom. The van der Waals surface area contributed by atoms with Crippen molar-refractivity contribution >= 4 is 0 Å². The predicted molar refractivity (Wildman–Crippen MR) is 68.4 cm³/mol. The molecule has 1 fully saturated rings. The molecule has 1 atom stereocenters. The van der Waals surface area contributed by atoms with Gasteiger partial charge in [0.1, 0.15) is 18.5 Å². The fourth-order valence-corrected chi connectivity index (χ4v) is 1.70. The largest absolute Gasteiger partial charge is 0.491 e. The maximum Gasteiger partial charge on any atom is 0.122 e. The van der Waals surface area contributed by atoms with Crippen LogP contribution in [-0.2, 0) is 0 Å². The average Bonchev–Trinajstić information content (AvgIpc) is 3.11. The number of aryl methyl sites for hydroxylation is 2. The number of aliphatic hydroxyl groups excluding tert-OH is 1. The third-order valence-corrected chi connectivity index (χ3v) is 2.99. The second-order valence-corrected chi connectivity index (χ2v) is 4.92. The highest BCUT2D eigenvalue weighted by Gasteiger charge is 2.21. The summed E-state index contributed by atoms with van der Waals surface area (Å²) in [6, 6.07) is 6.74. The Labute approximate surface area is 103 Å². The van der Waals surface area contributed by atoms with Crippen molar-refractivity contribution in [1.82, 2.24) is 5.32 Å². The van der Waals surface area contributed by atoms with Crippen molar-refractivity contribution in [3.05, 3.63) is 29.3 Å². The summed E-state index contributed by atoms with van der Waals surface area (Å²) in [4.78, 5) is 0. The standard InChI is InChI=1S/C14H21NO2/c1-10-3-4-11(2)14(7-10)17-9-13(16)8-15-12-5-6-12/h3-4,7,12-13,15-16H,5-6,8-9H2,1-2H3. The number of benzene rings is 1. The maximum atomic E-state index is 9.76. The molecule has 0 spiro atoms. The summed E-state index contributed by atoms with van der Waals surface area (Å²) in [7, 11) is 0. The molecule has 1 saturated carbocycles. The van der Waals surface area contributed by atoms with Gasteiger partial charge in [0, 0.05) is 12.6 Å². The van der Waals surface area contributed by atoms with Crippen LogP contribution in [0.4, 0.5) is 0 Å². The highest BCUT2D eigenvalue weighted by Crippen LogP contribution is 2.20. The van der Waals surface area contributed by atoms with Crippen molar-refractivity contribution in [2.45, 2.75) is 38.8 Å². The van der Waals surface area contributed by atoms with Crippen molar-refractivity contribution in [2.24, 2.45) is 0 Å². The molecule has 0 aromatic heterocycles. The highest BCUT2D eigenvalue weighted by molar-refractivity contribution is 5.35. The normalized spacial score (nSPS) is 16.9. The molecule has 2 rings (SSSR count). The van der Waals surface area contributed by atoms with E-state index < -0.39 is 6.10 Å². The second-order valence-electron chi connectivity index (χ2n) is 4.92. The number of hydrogen-bond donors (Lipinski definition) is 2. The van der Waals surface area contributed by atoms with Crippen LogP contribution in [0.15, 0.2) is 18.2 Å². The zero-order valence-electron chi connectivity index (χ0n) is 10.6. The lowest BCUT2D eigenvalue weighted by atomic mass is 10.1. The third-order valence-electron chi connectivity index (χ3n) is 2.99. The predicted octanol–water partition coefficient (Wildman–Crippen LogP) is 1.80. The number of ether oxygens (including phenoxy) is 1. The minimum Gasteiger partial charge on any atom is -0.491 e. The number of rotatable bonds is 6. The Morgan fingerprint density at radius 2 is 2.18 bits per heavy atom. The first-order valence-electron chi connectivity index (χ1n) is 6.26. The van der Waals surface area contributed by atoms with E-state index in [0.29, 0.717) is 19.2 Å². The van der Waals surface area contributed by atoms with Crippen molar-refractivity contribution in [1.29, 1.82) is 0 Å². The second kappa shape index (κ2) is 5.52. The molecular formula is C14H21NO2. The van der Waals surface area contributed by atoms with Gasteiger partial charge in [-0.1, -0.05) is 12.1 Å². The van der Waals surface area contributed by atoms with Crippen molar-refractivity contribution in [3.63, 3.8) is 0 Å². The van der Waals surface area contributed by atoms with Crippen LogP contribution in [0, 0.1) is 13.8 Å². The summed E-state index contributed by atoms with van der Waals surface area (Å²) in [5, 5.41) is 13.0. The fraction of sp³-hybridized carbons (Fsp3) is 0.571. The van der Waals surface area contributed by atoms with Gasteiger partial charge in [-0.05, 0) is 43.9 Å². The zero-order valence-corrected chi connectivity index (χ0v) is 10.6. The Hall–Kier alpha value is -1.06. The summed E-state index contributed by atoms with van der Waals surface area (Å²) >= 11 is 0. The average molecular weight is 235 g/mol. The topological polar surface area (TPSA) is 41.5 Å². The quantitative estimate of drug-likeness (QED) is 0.790. The smallest absolute Gasteiger partial charge is 0.122 e. The molecule has 1 aliphatic rings. The first kappa shape index (κ1) is 12.4. The van der Waals surface area contributed by atoms with Gasteiger partial charge in [-0.2, -0.15) is 0 Å². The number of aliphatic hydroxyl groups is 1. The molecule has 1 aromatic carbocycles. The van der Waals surface area contributed by atoms with Gasteiger partial charge in [-0.25, -0.2) is 0 Å². The van der Waals surface area contributed by atoms with Crippen LogP contribution >= 0.6 is 0 Å². The summed E-state index contributed by atoms with van der Waals surface area (Å²) in [5.41, 5.74) is 2.29. The summed E-state index contributed by atoms with van der Waals surface area (Å²) in [6.45, 7) is 5.03. The Bertz CT molecular complexity index is 374. The van der Waals surface area contributed by atoms with Gasteiger partial charge in [0.25, 0.3) is 0 Å². The first-order valence-corrected chi connectivity index (χ1v) is 6.26. The Kier molecular flexibility index (Phi) is 4.02. The van der Waals surface area contributed by atoms with Gasteiger partial charge < -0.3 is 15.2 Å². The van der Waals surface area contributed by atoms with E-state index in [4.69, 9.17) is 4.74 Å². The SMILES string of the molecule is Cc1ccc(C)c(OCC(O)CNC2CC2)c1. The van der Waals surface area contributed by atoms with E-state index in [9.17, 15) is 5.11 Å². The minimum atomic E-state index is -0.435. The number of nitrogens with one attached hydrogen (secondary N) is 1. The van der Waals surface area contributed by atoms with Gasteiger partial charge in [0.05, 0.1) is 0 Å². The van der Waals surface area contributed by atoms with E-state index in [-0.39, 0.29) is 0 Å². The molecule has 0 radical (unpaired) electrons. The summed E-state index contributed by atoms with van der Waals surface area (Å²) < 4.78 is 5.64. The number of hydrogen-bond acceptors (Lipinski definition) is 3. The Balaban J connectivity index is 1.77. The van der Waals surface area contributed by atoms with Crippen molar-refractivity contribution in [2.75, 3.05) is 13.2 Å². The molecule has 0 aliphatic heterocycles. The van der Waals surface area contributed by atoms with Crippen molar-refractivity contribution in [3.8, 4) is 5.75 Å². The molecule has 0 heterocycles. The lowest BCUT2D eigenvalue weighted by Crippen LogP contribution is -2.32. The molecule has 1 aromatic rings. The molecular weight excluding hydrogens is 214 g/mol. The van der Waals surface area contributed by atoms with Crippen LogP contribution < -0.4 is 10.1 Å². The molecule has 0 saturated heterocycles. The molecule has 94 valence electrons. The Morgan fingerprint density at radius 1 is 1.41 bits per heavy atom.